The van der Waals surface area contributed by atoms with E-state index in [9.17, 15) is 22.4 Å². The van der Waals surface area contributed by atoms with Crippen LogP contribution < -0.4 is 10.1 Å². The zero-order valence-electron chi connectivity index (χ0n) is 16.6. The number of carbonyl (C=O) groups excluding carboxylic acids is 1. The molecule has 3 heterocycles. The van der Waals surface area contributed by atoms with Gasteiger partial charge in [-0.2, -0.15) is 13.9 Å². The highest BCUT2D eigenvalue weighted by molar-refractivity contribution is 6.31. The fourth-order valence-electron chi connectivity index (χ4n) is 2.67. The third-order valence-corrected chi connectivity index (χ3v) is 4.55. The minimum Gasteiger partial charge on any atom is -0.470 e. The number of amides is 1. The van der Waals surface area contributed by atoms with Crippen LogP contribution in [0.1, 0.15) is 23.0 Å². The number of nitrogens with one attached hydrogen (secondary N) is 1. The summed E-state index contributed by atoms with van der Waals surface area (Å²) in [4.78, 5) is 20.3. The van der Waals surface area contributed by atoms with E-state index in [0.29, 0.717) is 16.5 Å². The molecule has 1 unspecified atom stereocenters. The number of aliphatic hydroxyl groups is 1. The Morgan fingerprint density at radius 2 is 2.12 bits per heavy atom. The summed E-state index contributed by atoms with van der Waals surface area (Å²) in [5, 5.41) is 16.4. The third-order valence-electron chi connectivity index (χ3n) is 4.28. The predicted molar refractivity (Wildman–Crippen MR) is 106 cm³/mol. The van der Waals surface area contributed by atoms with Crippen molar-refractivity contribution in [3.05, 3.63) is 47.0 Å². The van der Waals surface area contributed by atoms with Crippen molar-refractivity contribution in [3.63, 3.8) is 0 Å². The van der Waals surface area contributed by atoms with Crippen LogP contribution in [0.3, 0.4) is 0 Å². The Hall–Kier alpha value is -2.99. The minimum atomic E-state index is -4.33. The van der Waals surface area contributed by atoms with E-state index in [1.165, 1.54) is 23.1 Å². The van der Waals surface area contributed by atoms with Crippen LogP contribution in [0.4, 0.5) is 17.6 Å². The van der Waals surface area contributed by atoms with Crippen LogP contribution in [0.2, 0.25) is 5.02 Å². The first-order valence-electron chi connectivity index (χ1n) is 9.27. The molecule has 0 aliphatic carbocycles. The van der Waals surface area contributed by atoms with Crippen molar-refractivity contribution >= 4 is 28.4 Å². The number of nitrogens with zero attached hydrogens (tertiary/aromatic N) is 4. The molecular formula is C19H18ClF4N5O3. The monoisotopic (exact) mass is 475 g/mol. The molecule has 32 heavy (non-hydrogen) atoms. The van der Waals surface area contributed by atoms with Gasteiger partial charge in [-0.3, -0.25) is 14.5 Å². The number of hydrogen-bond donors (Lipinski definition) is 2. The number of ether oxygens (including phenoxy) is 1. The number of halogens is 5. The summed E-state index contributed by atoms with van der Waals surface area (Å²) in [5.74, 6) is -5.20. The van der Waals surface area contributed by atoms with Crippen LogP contribution in [-0.4, -0.2) is 62.4 Å². The predicted octanol–water partition coefficient (Wildman–Crippen LogP) is 2.92. The molecule has 13 heteroatoms. The van der Waals surface area contributed by atoms with E-state index >= 15 is 0 Å². The fraction of sp³-hybridized carbons (Fsp3) is 0.368. The van der Waals surface area contributed by atoms with Gasteiger partial charge in [0.25, 0.3) is 5.91 Å². The fourth-order valence-corrected chi connectivity index (χ4v) is 2.91. The Morgan fingerprint density at radius 1 is 1.38 bits per heavy atom. The van der Waals surface area contributed by atoms with Crippen molar-refractivity contribution in [2.75, 3.05) is 13.2 Å². The van der Waals surface area contributed by atoms with Crippen LogP contribution in [-0.2, 0) is 6.54 Å². The molecule has 0 aromatic carbocycles. The highest BCUT2D eigenvalue weighted by Crippen LogP contribution is 2.28. The van der Waals surface area contributed by atoms with E-state index < -0.39 is 36.8 Å². The maximum Gasteiger partial charge on any atom is 0.340 e. The topological polar surface area (TPSA) is 102 Å². The number of carbonyl (C=O) groups is 1. The van der Waals surface area contributed by atoms with Gasteiger partial charge in [-0.25, -0.2) is 13.8 Å². The number of pyridine rings is 2. The lowest BCUT2D eigenvalue weighted by Gasteiger charge is -2.16. The number of aliphatic hydroxyl groups excluding tert-OH is 1. The number of rotatable bonds is 9. The van der Waals surface area contributed by atoms with Crippen LogP contribution >= 0.6 is 11.6 Å². The molecule has 172 valence electrons. The van der Waals surface area contributed by atoms with Gasteiger partial charge in [0.2, 0.25) is 5.88 Å². The molecule has 0 radical (unpaired) electrons. The molecule has 0 saturated heterocycles. The van der Waals surface area contributed by atoms with Crippen molar-refractivity contribution in [1.82, 2.24) is 25.1 Å². The first-order chi connectivity index (χ1) is 15.1. The average molecular weight is 476 g/mol. The maximum absolute atomic E-state index is 13.0. The molecule has 3 aromatic heterocycles. The van der Waals surface area contributed by atoms with E-state index in [1.54, 1.807) is 19.2 Å². The van der Waals surface area contributed by atoms with Gasteiger partial charge in [-0.15, -0.1) is 0 Å². The summed E-state index contributed by atoms with van der Waals surface area (Å²) in [7, 11) is 0. The Labute approximate surface area is 184 Å². The van der Waals surface area contributed by atoms with Crippen molar-refractivity contribution in [2.24, 2.45) is 0 Å². The summed E-state index contributed by atoms with van der Waals surface area (Å²) in [5.41, 5.74) is 1.15. The van der Waals surface area contributed by atoms with Gasteiger partial charge in [0.05, 0.1) is 24.1 Å². The smallest absolute Gasteiger partial charge is 0.340 e. The average Bonchev–Trinajstić information content (AvgIpc) is 3.15. The van der Waals surface area contributed by atoms with Gasteiger partial charge in [0.15, 0.2) is 6.61 Å². The molecule has 0 aliphatic heterocycles. The van der Waals surface area contributed by atoms with Gasteiger partial charge < -0.3 is 15.2 Å². The zero-order valence-corrected chi connectivity index (χ0v) is 17.4. The highest BCUT2D eigenvalue weighted by Gasteiger charge is 2.42. The van der Waals surface area contributed by atoms with E-state index in [4.69, 9.17) is 16.7 Å². The van der Waals surface area contributed by atoms with E-state index in [-0.39, 0.29) is 23.9 Å². The lowest BCUT2D eigenvalue weighted by Crippen LogP contribution is -2.35. The molecule has 0 aliphatic rings. The largest absolute Gasteiger partial charge is 0.470 e. The molecule has 2 N–H and O–H groups in total. The Kier molecular flexibility index (Phi) is 7.14. The van der Waals surface area contributed by atoms with Gasteiger partial charge in [0.1, 0.15) is 10.7 Å². The van der Waals surface area contributed by atoms with Crippen LogP contribution in [0, 0.1) is 0 Å². The molecular weight excluding hydrogens is 458 g/mol. The molecule has 0 saturated carbocycles. The first kappa shape index (κ1) is 23.7. The Bertz CT molecular complexity index is 1110. The lowest BCUT2D eigenvalue weighted by molar-refractivity contribution is -0.148. The third kappa shape index (κ3) is 5.43. The molecule has 8 nitrogen and oxygen atoms in total. The SMILES string of the molecule is CC(CO)NC(=O)c1nccc2nn(Cc3cnc(OCC(F)(F)C(F)F)c(Cl)c3)cc12. The summed E-state index contributed by atoms with van der Waals surface area (Å²) >= 11 is 5.98. The number of aromatic nitrogens is 4. The normalized spacial score (nSPS) is 12.9. The quantitative estimate of drug-likeness (QED) is 0.461. The lowest BCUT2D eigenvalue weighted by atomic mass is 10.2. The van der Waals surface area contributed by atoms with E-state index in [2.05, 4.69) is 25.1 Å². The van der Waals surface area contributed by atoms with Crippen LogP contribution in [0.5, 0.6) is 5.88 Å². The molecule has 0 spiro atoms. The van der Waals surface area contributed by atoms with E-state index in [0.717, 1.165) is 0 Å². The van der Waals surface area contributed by atoms with Crippen LogP contribution in [0.15, 0.2) is 30.7 Å². The van der Waals surface area contributed by atoms with Crippen molar-refractivity contribution in [1.29, 1.82) is 0 Å². The minimum absolute atomic E-state index is 0.133. The molecule has 0 fully saturated rings. The molecule has 0 bridgehead atoms. The summed E-state index contributed by atoms with van der Waals surface area (Å²) in [6.07, 6.45) is 0.422. The second kappa shape index (κ2) is 9.65. The van der Waals surface area contributed by atoms with Gasteiger partial charge in [-0.05, 0) is 24.6 Å². The second-order valence-electron chi connectivity index (χ2n) is 6.96. The molecule has 3 rings (SSSR count). The Balaban J connectivity index is 1.76. The highest BCUT2D eigenvalue weighted by atomic mass is 35.5. The van der Waals surface area contributed by atoms with Gasteiger partial charge in [0, 0.05) is 24.6 Å². The first-order valence-corrected chi connectivity index (χ1v) is 9.65. The standard InChI is InChI=1S/C19H18ClF4N5O3/c1-10(8-30)27-16(31)15-12-7-29(28-14(12)2-3-25-15)6-11-4-13(20)17(26-5-11)32-9-19(23,24)18(21)22/h2-5,7,10,18,30H,6,8-9H2,1H3,(H,27,31). The van der Waals surface area contributed by atoms with Gasteiger partial charge >= 0.3 is 12.3 Å². The van der Waals surface area contributed by atoms with E-state index in [1.807, 2.05) is 0 Å². The molecule has 1 atom stereocenters. The van der Waals surface area contributed by atoms with Crippen molar-refractivity contribution in [2.45, 2.75) is 31.9 Å². The van der Waals surface area contributed by atoms with Crippen molar-refractivity contribution < 1.29 is 32.2 Å². The molecule has 1 amide bonds. The zero-order chi connectivity index (χ0) is 23.5. The summed E-state index contributed by atoms with van der Waals surface area (Å²) < 4.78 is 56.6. The summed E-state index contributed by atoms with van der Waals surface area (Å²) in [6, 6.07) is 2.54. The number of fused-ring (bicyclic) bond motifs is 1. The summed E-state index contributed by atoms with van der Waals surface area (Å²) in [6.45, 7) is 0.00539. The molecule has 3 aromatic rings. The Morgan fingerprint density at radius 3 is 2.78 bits per heavy atom. The van der Waals surface area contributed by atoms with Crippen LogP contribution in [0.25, 0.3) is 10.9 Å². The van der Waals surface area contributed by atoms with Gasteiger partial charge in [-0.1, -0.05) is 11.6 Å². The number of alkyl halides is 4. The number of hydrogen-bond acceptors (Lipinski definition) is 6. The van der Waals surface area contributed by atoms with Crippen molar-refractivity contribution in [3.8, 4) is 5.88 Å². The maximum atomic E-state index is 13.0. The second-order valence-corrected chi connectivity index (χ2v) is 7.36.